The molecule has 0 amide bonds. The van der Waals surface area contributed by atoms with Gasteiger partial charge in [0.1, 0.15) is 17.4 Å². The third kappa shape index (κ3) is 2.41. The van der Waals surface area contributed by atoms with Crippen molar-refractivity contribution in [2.75, 3.05) is 0 Å². The Bertz CT molecular complexity index is 905. The zero-order chi connectivity index (χ0) is 14.8. The van der Waals surface area contributed by atoms with Crippen molar-refractivity contribution in [1.82, 2.24) is 4.57 Å². The van der Waals surface area contributed by atoms with Crippen LogP contribution in [0.3, 0.4) is 0 Å². The quantitative estimate of drug-likeness (QED) is 0.723. The first-order chi connectivity index (χ1) is 10.2. The fraction of sp³-hybridized carbons (Fsp3) is 0.0588. The van der Waals surface area contributed by atoms with Gasteiger partial charge in [-0.3, -0.25) is 4.79 Å². The normalized spacial score (nSPS) is 10.5. The Hall–Kier alpha value is -2.93. The van der Waals surface area contributed by atoms with Gasteiger partial charge in [0.2, 0.25) is 5.43 Å². The monoisotopic (exact) mass is 278 g/mol. The van der Waals surface area contributed by atoms with Gasteiger partial charge in [-0.25, -0.2) is 4.39 Å². The number of hydrogen-bond acceptors (Lipinski definition) is 2. The summed E-state index contributed by atoms with van der Waals surface area (Å²) in [6.07, 6.45) is 1.55. The molecule has 0 fully saturated rings. The molecule has 0 radical (unpaired) electrons. The average molecular weight is 278 g/mol. The third-order valence-corrected chi connectivity index (χ3v) is 3.37. The lowest BCUT2D eigenvalue weighted by Crippen LogP contribution is -2.13. The van der Waals surface area contributed by atoms with E-state index < -0.39 is 0 Å². The van der Waals surface area contributed by atoms with Crippen molar-refractivity contribution in [2.24, 2.45) is 0 Å². The van der Waals surface area contributed by atoms with Crippen molar-refractivity contribution in [3.05, 3.63) is 81.9 Å². The van der Waals surface area contributed by atoms with E-state index in [9.17, 15) is 9.18 Å². The molecule has 0 aliphatic heterocycles. The number of aromatic nitrogens is 1. The Balaban J connectivity index is 2.18. The first kappa shape index (κ1) is 13.1. The molecule has 0 atom stereocenters. The van der Waals surface area contributed by atoms with Gasteiger partial charge in [0.25, 0.3) is 0 Å². The molecule has 3 aromatic rings. The zero-order valence-electron chi connectivity index (χ0n) is 11.1. The SMILES string of the molecule is N#Cc1cn(Cc2ccc(F)cc2)c2ccccc2c1=O. The second kappa shape index (κ2) is 5.22. The lowest BCUT2D eigenvalue weighted by Gasteiger charge is -2.11. The maximum Gasteiger partial charge on any atom is 0.207 e. The molecule has 1 heterocycles. The highest BCUT2D eigenvalue weighted by molar-refractivity contribution is 5.80. The molecule has 0 aliphatic rings. The third-order valence-electron chi connectivity index (χ3n) is 3.37. The summed E-state index contributed by atoms with van der Waals surface area (Å²) in [5.41, 5.74) is 1.50. The van der Waals surface area contributed by atoms with Crippen molar-refractivity contribution < 1.29 is 4.39 Å². The van der Waals surface area contributed by atoms with Crippen LogP contribution in [0.2, 0.25) is 0 Å². The minimum Gasteiger partial charge on any atom is -0.341 e. The predicted octanol–water partition coefficient (Wildman–Crippen LogP) is 3.06. The number of nitrogens with zero attached hydrogens (tertiary/aromatic N) is 2. The van der Waals surface area contributed by atoms with Crippen molar-refractivity contribution in [3.8, 4) is 6.07 Å². The van der Waals surface area contributed by atoms with Crippen LogP contribution in [0, 0.1) is 17.1 Å². The Kier molecular flexibility index (Phi) is 3.25. The molecule has 4 heteroatoms. The van der Waals surface area contributed by atoms with Gasteiger partial charge >= 0.3 is 0 Å². The molecule has 0 unspecified atom stereocenters. The van der Waals surface area contributed by atoms with E-state index in [2.05, 4.69) is 0 Å². The standard InChI is InChI=1S/C17H11FN2O/c18-14-7-5-12(6-8-14)10-20-11-13(9-19)17(21)15-3-1-2-4-16(15)20/h1-8,11H,10H2. The molecule has 102 valence electrons. The zero-order valence-corrected chi connectivity index (χ0v) is 11.1. The van der Waals surface area contributed by atoms with Gasteiger partial charge in [-0.05, 0) is 29.8 Å². The highest BCUT2D eigenvalue weighted by Gasteiger charge is 2.08. The van der Waals surface area contributed by atoms with Gasteiger partial charge in [0.05, 0.1) is 5.52 Å². The number of para-hydroxylation sites is 1. The van der Waals surface area contributed by atoms with Crippen LogP contribution in [0.25, 0.3) is 10.9 Å². The minimum absolute atomic E-state index is 0.107. The van der Waals surface area contributed by atoms with Gasteiger partial charge in [-0.15, -0.1) is 0 Å². The second-order valence-corrected chi connectivity index (χ2v) is 4.76. The fourth-order valence-electron chi connectivity index (χ4n) is 2.34. The molecule has 0 bridgehead atoms. The lowest BCUT2D eigenvalue weighted by atomic mass is 10.1. The molecule has 0 saturated heterocycles. The first-order valence-corrected chi connectivity index (χ1v) is 6.46. The molecule has 0 saturated carbocycles. The van der Waals surface area contributed by atoms with E-state index in [0.29, 0.717) is 11.9 Å². The number of nitriles is 1. The summed E-state index contributed by atoms with van der Waals surface area (Å²) in [6, 6.07) is 15.3. The highest BCUT2D eigenvalue weighted by atomic mass is 19.1. The summed E-state index contributed by atoms with van der Waals surface area (Å²) in [5.74, 6) is -0.291. The van der Waals surface area contributed by atoms with E-state index >= 15 is 0 Å². The lowest BCUT2D eigenvalue weighted by molar-refractivity contribution is 0.626. The van der Waals surface area contributed by atoms with E-state index in [1.54, 1.807) is 30.5 Å². The number of rotatable bonds is 2. The summed E-state index contributed by atoms with van der Waals surface area (Å²) in [7, 11) is 0. The van der Waals surface area contributed by atoms with Crippen LogP contribution in [0.15, 0.2) is 59.5 Å². The van der Waals surface area contributed by atoms with E-state index in [1.165, 1.54) is 12.1 Å². The number of halogens is 1. The van der Waals surface area contributed by atoms with Crippen molar-refractivity contribution in [3.63, 3.8) is 0 Å². The summed E-state index contributed by atoms with van der Waals surface area (Å²) in [6.45, 7) is 0.468. The minimum atomic E-state index is -0.291. The topological polar surface area (TPSA) is 45.8 Å². The summed E-state index contributed by atoms with van der Waals surface area (Å²) in [4.78, 5) is 12.1. The van der Waals surface area contributed by atoms with Crippen molar-refractivity contribution in [2.45, 2.75) is 6.54 Å². The average Bonchev–Trinajstić information content (AvgIpc) is 2.52. The maximum atomic E-state index is 13.0. The molecule has 1 aromatic heterocycles. The van der Waals surface area contributed by atoms with E-state index in [-0.39, 0.29) is 16.8 Å². The van der Waals surface area contributed by atoms with Crippen LogP contribution < -0.4 is 5.43 Å². The first-order valence-electron chi connectivity index (χ1n) is 6.46. The van der Waals surface area contributed by atoms with E-state index in [1.807, 2.05) is 22.8 Å². The number of fused-ring (bicyclic) bond motifs is 1. The smallest absolute Gasteiger partial charge is 0.207 e. The van der Waals surface area contributed by atoms with Crippen LogP contribution in [-0.4, -0.2) is 4.57 Å². The number of hydrogen-bond donors (Lipinski definition) is 0. The molecule has 21 heavy (non-hydrogen) atoms. The summed E-state index contributed by atoms with van der Waals surface area (Å²) < 4.78 is 14.8. The molecule has 0 spiro atoms. The van der Waals surface area contributed by atoms with Crippen LogP contribution in [-0.2, 0) is 6.54 Å². The van der Waals surface area contributed by atoms with Gasteiger partial charge in [-0.1, -0.05) is 24.3 Å². The number of benzene rings is 2. The maximum absolute atomic E-state index is 13.0. The van der Waals surface area contributed by atoms with Crippen LogP contribution in [0.1, 0.15) is 11.1 Å². The van der Waals surface area contributed by atoms with E-state index in [4.69, 9.17) is 5.26 Å². The Morgan fingerprint density at radius 2 is 1.81 bits per heavy atom. The Morgan fingerprint density at radius 3 is 2.52 bits per heavy atom. The fourth-order valence-corrected chi connectivity index (χ4v) is 2.34. The van der Waals surface area contributed by atoms with Gasteiger partial charge in [0.15, 0.2) is 0 Å². The molecule has 0 aliphatic carbocycles. The molecule has 2 aromatic carbocycles. The molecule has 0 N–H and O–H groups in total. The van der Waals surface area contributed by atoms with Crippen molar-refractivity contribution in [1.29, 1.82) is 5.26 Å². The Morgan fingerprint density at radius 1 is 1.10 bits per heavy atom. The van der Waals surface area contributed by atoms with Gasteiger partial charge < -0.3 is 4.57 Å². The van der Waals surface area contributed by atoms with Crippen LogP contribution >= 0.6 is 0 Å². The van der Waals surface area contributed by atoms with Crippen LogP contribution in [0.4, 0.5) is 4.39 Å². The van der Waals surface area contributed by atoms with Crippen molar-refractivity contribution >= 4 is 10.9 Å². The Labute approximate surface area is 120 Å². The molecular weight excluding hydrogens is 267 g/mol. The summed E-state index contributed by atoms with van der Waals surface area (Å²) >= 11 is 0. The molecule has 3 nitrogen and oxygen atoms in total. The van der Waals surface area contributed by atoms with E-state index in [0.717, 1.165) is 11.1 Å². The van der Waals surface area contributed by atoms with Gasteiger partial charge in [0, 0.05) is 18.1 Å². The predicted molar refractivity (Wildman–Crippen MR) is 78.4 cm³/mol. The largest absolute Gasteiger partial charge is 0.341 e. The summed E-state index contributed by atoms with van der Waals surface area (Å²) in [5, 5.41) is 9.60. The van der Waals surface area contributed by atoms with Gasteiger partial charge in [-0.2, -0.15) is 5.26 Å². The molecular formula is C17H11FN2O. The van der Waals surface area contributed by atoms with Crippen LogP contribution in [0.5, 0.6) is 0 Å². The highest BCUT2D eigenvalue weighted by Crippen LogP contribution is 2.14. The number of pyridine rings is 1. The second-order valence-electron chi connectivity index (χ2n) is 4.76. The molecule has 3 rings (SSSR count).